The minimum absolute atomic E-state index is 0.0672. The number of carboxylic acids is 1. The topological polar surface area (TPSA) is 92.3 Å². The van der Waals surface area contributed by atoms with Crippen molar-refractivity contribution >= 4 is 45.0 Å². The number of halogens is 1. The number of hydrogen-bond donors (Lipinski definition) is 2. The van der Waals surface area contributed by atoms with Crippen LogP contribution in [-0.4, -0.2) is 26.8 Å². The van der Waals surface area contributed by atoms with E-state index in [1.807, 2.05) is 30.3 Å². The molecule has 2 N–H and O–H groups in total. The number of H-pyrrole nitrogens is 1. The Hall–Kier alpha value is -4.16. The quantitative estimate of drug-likeness (QED) is 0.243. The molecule has 0 radical (unpaired) electrons. The Morgan fingerprint density at radius 3 is 2.69 bits per heavy atom. The summed E-state index contributed by atoms with van der Waals surface area (Å²) >= 11 is 6.11. The smallest absolute Gasteiger partial charge is 0.336 e. The molecule has 0 amide bonds. The largest absolute Gasteiger partial charge is 0.478 e. The third kappa shape index (κ3) is 4.48. The van der Waals surface area contributed by atoms with Crippen molar-refractivity contribution in [2.75, 3.05) is 0 Å². The van der Waals surface area contributed by atoms with Crippen molar-refractivity contribution in [1.82, 2.24) is 9.97 Å². The maximum Gasteiger partial charge on any atom is 0.336 e. The molecule has 0 aliphatic rings. The van der Waals surface area contributed by atoms with Crippen LogP contribution in [0.2, 0.25) is 5.02 Å². The highest BCUT2D eigenvalue weighted by atomic mass is 35.5. The number of Topliss-reactive ketones (excluding diaryl/α,β-unsaturated/α-hetero) is 1. The number of aryl methyl sites for hydroxylation is 2. The van der Waals surface area contributed by atoms with E-state index in [-0.39, 0.29) is 17.8 Å². The van der Waals surface area contributed by atoms with Crippen molar-refractivity contribution in [3.05, 3.63) is 100 Å². The van der Waals surface area contributed by atoms with E-state index in [0.717, 1.165) is 21.7 Å². The number of hydrogen-bond acceptors (Lipinski definition) is 4. The second-order valence-corrected chi connectivity index (χ2v) is 8.77. The zero-order chi connectivity index (χ0) is 24.5. The number of carboxylic acid groups (broad SMARTS) is 1. The monoisotopic (exact) mass is 484 g/mol. The van der Waals surface area contributed by atoms with Crippen LogP contribution in [-0.2, 0) is 6.42 Å². The Labute approximate surface area is 206 Å². The molecule has 0 fully saturated rings. The standard InChI is InChI=1S/C28H21ClN2O4/c1-16-23-12-19(29)6-4-17(23)11-18(27(16)28(33)34)5-9-26(32)24-15-31-25-13-20(7-8-22(24)25)35-21-3-2-10-30-14-21/h2-4,6-8,10-15,31H,5,9H2,1H3,(H,33,34). The number of benzene rings is 3. The molecule has 0 aliphatic heterocycles. The van der Waals surface area contributed by atoms with Gasteiger partial charge >= 0.3 is 5.97 Å². The number of aromatic nitrogens is 2. The van der Waals surface area contributed by atoms with Gasteiger partial charge in [-0.15, -0.1) is 0 Å². The summed E-state index contributed by atoms with van der Waals surface area (Å²) in [7, 11) is 0. The Balaban J connectivity index is 1.39. The average molecular weight is 485 g/mol. The van der Waals surface area contributed by atoms with Gasteiger partial charge in [-0.2, -0.15) is 0 Å². The highest BCUT2D eigenvalue weighted by molar-refractivity contribution is 6.31. The van der Waals surface area contributed by atoms with Gasteiger partial charge < -0.3 is 14.8 Å². The summed E-state index contributed by atoms with van der Waals surface area (Å²) in [4.78, 5) is 32.3. The van der Waals surface area contributed by atoms with Crippen molar-refractivity contribution in [2.45, 2.75) is 19.8 Å². The van der Waals surface area contributed by atoms with Gasteiger partial charge in [0, 0.05) is 46.4 Å². The lowest BCUT2D eigenvalue weighted by atomic mass is 9.91. The summed E-state index contributed by atoms with van der Waals surface area (Å²) in [5.74, 6) is 0.170. The molecule has 0 unspecified atom stereocenters. The normalized spacial score (nSPS) is 11.1. The van der Waals surface area contributed by atoms with Crippen LogP contribution in [0, 0.1) is 6.92 Å². The molecule has 0 aliphatic carbocycles. The molecule has 0 saturated carbocycles. The van der Waals surface area contributed by atoms with Crippen LogP contribution >= 0.6 is 11.6 Å². The predicted octanol–water partition coefficient (Wildman–Crippen LogP) is 6.98. The van der Waals surface area contributed by atoms with E-state index in [1.165, 1.54) is 0 Å². The van der Waals surface area contributed by atoms with Crippen molar-refractivity contribution in [2.24, 2.45) is 0 Å². The number of rotatable bonds is 7. The number of nitrogens with zero attached hydrogens (tertiary/aromatic N) is 1. The molecule has 2 aromatic heterocycles. The molecule has 174 valence electrons. The Morgan fingerprint density at radius 1 is 1.06 bits per heavy atom. The van der Waals surface area contributed by atoms with E-state index < -0.39 is 5.97 Å². The van der Waals surface area contributed by atoms with E-state index in [2.05, 4.69) is 9.97 Å². The molecule has 3 aromatic carbocycles. The fourth-order valence-electron chi connectivity index (χ4n) is 4.44. The number of pyridine rings is 1. The molecule has 0 atom stereocenters. The van der Waals surface area contributed by atoms with Crippen LogP contribution < -0.4 is 4.74 Å². The first-order valence-electron chi connectivity index (χ1n) is 11.1. The van der Waals surface area contributed by atoms with Gasteiger partial charge in [-0.3, -0.25) is 9.78 Å². The number of aromatic amines is 1. The lowest BCUT2D eigenvalue weighted by molar-refractivity contribution is 0.0694. The fourth-order valence-corrected chi connectivity index (χ4v) is 4.61. The summed E-state index contributed by atoms with van der Waals surface area (Å²) in [6, 6.07) is 16.3. The first-order chi connectivity index (χ1) is 16.9. The Kier molecular flexibility index (Phi) is 5.97. The van der Waals surface area contributed by atoms with Crippen LogP contribution in [0.5, 0.6) is 11.5 Å². The minimum atomic E-state index is -1.01. The first kappa shape index (κ1) is 22.6. The van der Waals surface area contributed by atoms with Crippen LogP contribution in [0.15, 0.2) is 73.2 Å². The summed E-state index contributed by atoms with van der Waals surface area (Å²) in [5.41, 5.74) is 2.84. The van der Waals surface area contributed by atoms with Crippen LogP contribution in [0.4, 0.5) is 0 Å². The van der Waals surface area contributed by atoms with E-state index in [1.54, 1.807) is 49.8 Å². The van der Waals surface area contributed by atoms with E-state index in [0.29, 0.717) is 39.6 Å². The number of carbonyl (C=O) groups excluding carboxylic acids is 1. The lowest BCUT2D eigenvalue weighted by Crippen LogP contribution is -2.08. The third-order valence-corrected chi connectivity index (χ3v) is 6.34. The molecule has 6 nitrogen and oxygen atoms in total. The second kappa shape index (κ2) is 9.24. The van der Waals surface area contributed by atoms with E-state index in [4.69, 9.17) is 16.3 Å². The number of ketones is 1. The number of ether oxygens (including phenoxy) is 1. The van der Waals surface area contributed by atoms with Crippen molar-refractivity contribution in [1.29, 1.82) is 0 Å². The molecule has 7 heteroatoms. The lowest BCUT2D eigenvalue weighted by Gasteiger charge is -2.13. The van der Waals surface area contributed by atoms with Crippen molar-refractivity contribution in [3.63, 3.8) is 0 Å². The molecule has 5 aromatic rings. The molecule has 35 heavy (non-hydrogen) atoms. The number of carbonyl (C=O) groups is 2. The second-order valence-electron chi connectivity index (χ2n) is 8.33. The first-order valence-corrected chi connectivity index (χ1v) is 11.5. The van der Waals surface area contributed by atoms with Gasteiger partial charge in [0.05, 0.1) is 11.8 Å². The van der Waals surface area contributed by atoms with E-state index >= 15 is 0 Å². The summed E-state index contributed by atoms with van der Waals surface area (Å²) in [6.07, 6.45) is 5.48. The summed E-state index contributed by atoms with van der Waals surface area (Å²) in [5, 5.41) is 12.9. The van der Waals surface area contributed by atoms with Gasteiger partial charge in [0.1, 0.15) is 11.5 Å². The molecule has 0 saturated heterocycles. The zero-order valence-electron chi connectivity index (χ0n) is 18.8. The van der Waals surface area contributed by atoms with Crippen molar-refractivity contribution < 1.29 is 19.4 Å². The highest BCUT2D eigenvalue weighted by Crippen LogP contribution is 2.30. The summed E-state index contributed by atoms with van der Waals surface area (Å²) in [6.45, 7) is 1.78. The Bertz CT molecular complexity index is 1590. The van der Waals surface area contributed by atoms with Crippen LogP contribution in [0.3, 0.4) is 0 Å². The average Bonchev–Trinajstić information content (AvgIpc) is 3.27. The van der Waals surface area contributed by atoms with Crippen molar-refractivity contribution in [3.8, 4) is 11.5 Å². The van der Waals surface area contributed by atoms with Crippen LogP contribution in [0.1, 0.15) is 38.3 Å². The Morgan fingerprint density at radius 2 is 1.91 bits per heavy atom. The minimum Gasteiger partial charge on any atom is -0.478 e. The van der Waals surface area contributed by atoms with Gasteiger partial charge in [0.25, 0.3) is 0 Å². The number of nitrogens with one attached hydrogen (secondary N) is 1. The fraction of sp³-hybridized carbons (Fsp3) is 0.107. The van der Waals surface area contributed by atoms with Gasteiger partial charge in [0.2, 0.25) is 0 Å². The van der Waals surface area contributed by atoms with E-state index in [9.17, 15) is 14.7 Å². The van der Waals surface area contributed by atoms with Crippen LogP contribution in [0.25, 0.3) is 21.7 Å². The zero-order valence-corrected chi connectivity index (χ0v) is 19.6. The molecular weight excluding hydrogens is 464 g/mol. The predicted molar refractivity (Wildman–Crippen MR) is 136 cm³/mol. The third-order valence-electron chi connectivity index (χ3n) is 6.10. The van der Waals surface area contributed by atoms with Gasteiger partial charge in [-0.25, -0.2) is 4.79 Å². The van der Waals surface area contributed by atoms with Gasteiger partial charge in [0.15, 0.2) is 5.78 Å². The maximum atomic E-state index is 13.1. The molecule has 5 rings (SSSR count). The van der Waals surface area contributed by atoms with Gasteiger partial charge in [-0.05, 0) is 71.6 Å². The molecular formula is C28H21ClN2O4. The number of fused-ring (bicyclic) bond motifs is 2. The molecule has 0 bridgehead atoms. The summed E-state index contributed by atoms with van der Waals surface area (Å²) < 4.78 is 5.82. The molecule has 0 spiro atoms. The molecule has 2 heterocycles. The van der Waals surface area contributed by atoms with Gasteiger partial charge in [-0.1, -0.05) is 23.7 Å². The SMILES string of the molecule is Cc1c(C(=O)O)c(CCC(=O)c2c[nH]c3cc(Oc4cccnc4)ccc23)cc2ccc(Cl)cc12. The highest BCUT2D eigenvalue weighted by Gasteiger charge is 2.19. The number of aromatic carboxylic acids is 1. The maximum absolute atomic E-state index is 13.1.